The van der Waals surface area contributed by atoms with Crippen molar-refractivity contribution in [2.24, 2.45) is 14.1 Å². The summed E-state index contributed by atoms with van der Waals surface area (Å²) in [5, 5.41) is 18.2. The fraction of sp³-hybridized carbons (Fsp3) is 0.200. The molecule has 0 aliphatic rings. The van der Waals surface area contributed by atoms with Crippen molar-refractivity contribution >= 4 is 46.0 Å². The summed E-state index contributed by atoms with van der Waals surface area (Å²) >= 11 is 0. The molecule has 186 valence electrons. The van der Waals surface area contributed by atoms with Gasteiger partial charge in [0.15, 0.2) is 0 Å². The first-order valence-electron chi connectivity index (χ1n) is 11.2. The number of aromatic nitrogens is 3. The molecule has 1 aromatic carbocycles. The SMILES string of the molecule is Cn1cc(NC(=O)CCCNC(=O)c2cc(NC(=O)c3cc4ccccc4[nH]3)cn2C)cc1C(=O)O. The van der Waals surface area contributed by atoms with Crippen LogP contribution in [0.3, 0.4) is 0 Å². The number of nitrogens with zero attached hydrogens (tertiary/aromatic N) is 2. The number of aryl methyl sites for hydroxylation is 2. The van der Waals surface area contributed by atoms with Gasteiger partial charge in [-0.1, -0.05) is 18.2 Å². The molecule has 11 nitrogen and oxygen atoms in total. The fourth-order valence-electron chi connectivity index (χ4n) is 3.86. The Hall–Kier alpha value is -4.80. The zero-order valence-corrected chi connectivity index (χ0v) is 19.8. The number of anilines is 2. The molecule has 3 heterocycles. The van der Waals surface area contributed by atoms with Gasteiger partial charge in [0.05, 0.1) is 11.4 Å². The number of fused-ring (bicyclic) bond motifs is 1. The first kappa shape index (κ1) is 24.3. The van der Waals surface area contributed by atoms with Gasteiger partial charge in [-0.2, -0.15) is 0 Å². The molecule has 3 aromatic heterocycles. The summed E-state index contributed by atoms with van der Waals surface area (Å²) in [6.07, 6.45) is 3.71. The highest BCUT2D eigenvalue weighted by molar-refractivity contribution is 6.06. The largest absolute Gasteiger partial charge is 0.477 e. The number of aromatic carboxylic acids is 1. The number of carbonyl (C=O) groups excluding carboxylic acids is 3. The summed E-state index contributed by atoms with van der Waals surface area (Å²) in [4.78, 5) is 51.5. The summed E-state index contributed by atoms with van der Waals surface area (Å²) in [7, 11) is 3.28. The molecule has 0 radical (unpaired) electrons. The summed E-state index contributed by atoms with van der Waals surface area (Å²) in [6, 6.07) is 12.3. The maximum absolute atomic E-state index is 12.6. The van der Waals surface area contributed by atoms with Crippen LogP contribution in [0.25, 0.3) is 10.9 Å². The maximum Gasteiger partial charge on any atom is 0.352 e. The number of rotatable bonds is 9. The number of amides is 3. The molecule has 0 bridgehead atoms. The maximum atomic E-state index is 12.6. The minimum atomic E-state index is -1.08. The zero-order valence-electron chi connectivity index (χ0n) is 19.8. The van der Waals surface area contributed by atoms with Gasteiger partial charge in [0, 0.05) is 50.4 Å². The van der Waals surface area contributed by atoms with E-state index in [0.29, 0.717) is 29.2 Å². The first-order valence-corrected chi connectivity index (χ1v) is 11.2. The predicted molar refractivity (Wildman–Crippen MR) is 134 cm³/mol. The molecule has 0 aliphatic heterocycles. The highest BCUT2D eigenvalue weighted by Crippen LogP contribution is 2.18. The van der Waals surface area contributed by atoms with E-state index in [1.165, 1.54) is 16.8 Å². The summed E-state index contributed by atoms with van der Waals surface area (Å²) in [5.74, 6) is -2.02. The number of benzene rings is 1. The highest BCUT2D eigenvalue weighted by Gasteiger charge is 2.16. The van der Waals surface area contributed by atoms with Crippen molar-refractivity contribution < 1.29 is 24.3 Å². The van der Waals surface area contributed by atoms with Crippen molar-refractivity contribution in [3.63, 3.8) is 0 Å². The Morgan fingerprint density at radius 2 is 1.56 bits per heavy atom. The minimum Gasteiger partial charge on any atom is -0.477 e. The Kier molecular flexibility index (Phi) is 6.91. The molecule has 3 amide bonds. The van der Waals surface area contributed by atoms with Crippen LogP contribution in [0.15, 0.2) is 54.9 Å². The molecule has 0 spiro atoms. The van der Waals surface area contributed by atoms with E-state index in [1.807, 2.05) is 24.3 Å². The average molecular weight is 491 g/mol. The molecule has 5 N–H and O–H groups in total. The van der Waals surface area contributed by atoms with Gasteiger partial charge in [-0.25, -0.2) is 4.79 Å². The third-order valence-corrected chi connectivity index (χ3v) is 5.64. The van der Waals surface area contributed by atoms with Crippen LogP contribution in [0.4, 0.5) is 11.4 Å². The van der Waals surface area contributed by atoms with Crippen molar-refractivity contribution in [3.05, 3.63) is 71.9 Å². The predicted octanol–water partition coefficient (Wildman–Crippen LogP) is 2.94. The summed E-state index contributed by atoms with van der Waals surface area (Å²) < 4.78 is 3.02. The lowest BCUT2D eigenvalue weighted by atomic mass is 10.2. The Bertz CT molecular complexity index is 1430. The third-order valence-electron chi connectivity index (χ3n) is 5.64. The van der Waals surface area contributed by atoms with Crippen LogP contribution in [-0.2, 0) is 18.9 Å². The van der Waals surface area contributed by atoms with Crippen LogP contribution in [0.5, 0.6) is 0 Å². The fourth-order valence-corrected chi connectivity index (χ4v) is 3.86. The van der Waals surface area contributed by atoms with Gasteiger partial charge in [0.25, 0.3) is 11.8 Å². The first-order chi connectivity index (χ1) is 17.2. The second-order valence-electron chi connectivity index (χ2n) is 8.39. The van der Waals surface area contributed by atoms with E-state index in [0.717, 1.165) is 10.9 Å². The van der Waals surface area contributed by atoms with Gasteiger partial charge in [-0.15, -0.1) is 0 Å². The molecule has 0 fully saturated rings. The second-order valence-corrected chi connectivity index (χ2v) is 8.39. The lowest BCUT2D eigenvalue weighted by Crippen LogP contribution is -2.27. The van der Waals surface area contributed by atoms with E-state index in [-0.39, 0.29) is 36.4 Å². The average Bonchev–Trinajstić information content (AvgIpc) is 3.52. The molecular formula is C25H26N6O5. The van der Waals surface area contributed by atoms with Crippen molar-refractivity contribution in [3.8, 4) is 0 Å². The number of carbonyl (C=O) groups is 4. The molecule has 0 unspecified atom stereocenters. The smallest absolute Gasteiger partial charge is 0.352 e. The topological polar surface area (TPSA) is 150 Å². The molecule has 36 heavy (non-hydrogen) atoms. The molecule has 4 aromatic rings. The monoisotopic (exact) mass is 490 g/mol. The molecule has 11 heteroatoms. The number of carboxylic acid groups (broad SMARTS) is 1. The lowest BCUT2D eigenvalue weighted by molar-refractivity contribution is -0.116. The van der Waals surface area contributed by atoms with Gasteiger partial charge < -0.3 is 35.2 Å². The normalized spacial score (nSPS) is 10.8. The number of aromatic amines is 1. The molecule has 4 rings (SSSR count). The third kappa shape index (κ3) is 5.46. The van der Waals surface area contributed by atoms with Gasteiger partial charge in [0.1, 0.15) is 17.1 Å². The van der Waals surface area contributed by atoms with Crippen LogP contribution >= 0.6 is 0 Å². The standard InChI is InChI=1S/C25H26N6O5/c1-30-14-17(28-23(33)19-10-15-6-3-4-7-18(15)29-19)11-20(30)24(34)26-9-5-8-22(32)27-16-12-21(25(35)36)31(2)13-16/h3-4,6-7,10-14,29H,5,8-9H2,1-2H3,(H,26,34)(H,27,32)(H,28,33)(H,35,36). The van der Waals surface area contributed by atoms with Crippen molar-refractivity contribution in [2.45, 2.75) is 12.8 Å². The van der Waals surface area contributed by atoms with Crippen molar-refractivity contribution in [1.29, 1.82) is 0 Å². The summed E-state index contributed by atoms with van der Waals surface area (Å²) in [6.45, 7) is 0.267. The van der Waals surface area contributed by atoms with Gasteiger partial charge >= 0.3 is 5.97 Å². The van der Waals surface area contributed by atoms with Crippen molar-refractivity contribution in [2.75, 3.05) is 17.2 Å². The molecule has 0 atom stereocenters. The van der Waals surface area contributed by atoms with E-state index in [1.54, 1.807) is 37.0 Å². The molecule has 0 saturated carbocycles. The van der Waals surface area contributed by atoms with Crippen LogP contribution in [0.2, 0.25) is 0 Å². The Morgan fingerprint density at radius 3 is 2.25 bits per heavy atom. The van der Waals surface area contributed by atoms with Gasteiger partial charge in [0.2, 0.25) is 5.91 Å². The van der Waals surface area contributed by atoms with E-state index in [9.17, 15) is 19.2 Å². The highest BCUT2D eigenvalue weighted by atomic mass is 16.4. The summed E-state index contributed by atoms with van der Waals surface area (Å²) in [5.41, 5.74) is 2.58. The minimum absolute atomic E-state index is 0.0667. The number of H-pyrrole nitrogens is 1. The quantitative estimate of drug-likeness (QED) is 0.229. The Balaban J connectivity index is 1.25. The van der Waals surface area contributed by atoms with Crippen molar-refractivity contribution in [1.82, 2.24) is 19.4 Å². The molecule has 0 saturated heterocycles. The lowest BCUT2D eigenvalue weighted by Gasteiger charge is -2.06. The molecular weight excluding hydrogens is 464 g/mol. The molecule has 0 aliphatic carbocycles. The van der Waals surface area contributed by atoms with E-state index in [4.69, 9.17) is 5.11 Å². The van der Waals surface area contributed by atoms with Gasteiger partial charge in [-0.3, -0.25) is 14.4 Å². The van der Waals surface area contributed by atoms with E-state index < -0.39 is 5.97 Å². The van der Waals surface area contributed by atoms with Crippen LogP contribution < -0.4 is 16.0 Å². The number of para-hydroxylation sites is 1. The second kappa shape index (κ2) is 10.2. The Labute approximate surface area is 206 Å². The number of hydrogen-bond acceptors (Lipinski definition) is 4. The van der Waals surface area contributed by atoms with Crippen LogP contribution in [0, 0.1) is 0 Å². The van der Waals surface area contributed by atoms with Crippen LogP contribution in [-0.4, -0.2) is 49.5 Å². The zero-order chi connectivity index (χ0) is 25.8. The van der Waals surface area contributed by atoms with Gasteiger partial charge in [-0.05, 0) is 30.7 Å². The Morgan fingerprint density at radius 1 is 0.889 bits per heavy atom. The number of nitrogens with one attached hydrogen (secondary N) is 4. The van der Waals surface area contributed by atoms with Crippen LogP contribution in [0.1, 0.15) is 44.3 Å². The van der Waals surface area contributed by atoms with E-state index in [2.05, 4.69) is 20.9 Å². The number of hydrogen-bond donors (Lipinski definition) is 5. The number of carboxylic acids is 1. The van der Waals surface area contributed by atoms with E-state index >= 15 is 0 Å².